The zero-order valence-corrected chi connectivity index (χ0v) is 12.0. The second-order valence-electron chi connectivity index (χ2n) is 3.38. The van der Waals surface area contributed by atoms with Crippen LogP contribution in [0, 0.1) is 0 Å². The Balaban J connectivity index is 3.80. The lowest BCUT2D eigenvalue weighted by molar-refractivity contribution is 0.481. The molecule has 0 spiro atoms. The Morgan fingerprint density at radius 2 is 1.65 bits per heavy atom. The maximum absolute atomic E-state index is 11.1. The van der Waals surface area contributed by atoms with Gasteiger partial charge in [0, 0.05) is 11.3 Å². The normalized spacial score (nSPS) is 13.8. The van der Waals surface area contributed by atoms with Crippen molar-refractivity contribution in [2.45, 2.75) is 9.79 Å². The molecular formula is C8H8NO8S3-. The Morgan fingerprint density at radius 1 is 1.15 bits per heavy atom. The van der Waals surface area contributed by atoms with Gasteiger partial charge in [-0.25, -0.2) is 0 Å². The number of rotatable bonds is 5. The van der Waals surface area contributed by atoms with Gasteiger partial charge >= 0.3 is 0 Å². The van der Waals surface area contributed by atoms with Crippen molar-refractivity contribution in [3.05, 3.63) is 24.3 Å². The summed E-state index contributed by atoms with van der Waals surface area (Å²) in [6.07, 6.45) is 0.954. The van der Waals surface area contributed by atoms with Crippen molar-refractivity contribution in [2.75, 3.05) is 4.72 Å². The van der Waals surface area contributed by atoms with Gasteiger partial charge in [0.15, 0.2) is 0 Å². The molecule has 9 nitrogen and oxygen atoms in total. The van der Waals surface area contributed by atoms with Crippen molar-refractivity contribution in [1.29, 1.82) is 0 Å². The molecular weight excluding hydrogens is 334 g/mol. The number of hydrogen-bond donors (Lipinski definition) is 3. The van der Waals surface area contributed by atoms with Gasteiger partial charge in [0.05, 0.1) is 5.69 Å². The van der Waals surface area contributed by atoms with Gasteiger partial charge in [0.2, 0.25) is 0 Å². The molecule has 20 heavy (non-hydrogen) atoms. The molecule has 0 bridgehead atoms. The van der Waals surface area contributed by atoms with Crippen LogP contribution in [0.3, 0.4) is 0 Å². The smallest absolute Gasteiger partial charge is 0.296 e. The van der Waals surface area contributed by atoms with E-state index in [-0.39, 0.29) is 5.56 Å². The fourth-order valence-electron chi connectivity index (χ4n) is 1.34. The lowest BCUT2D eigenvalue weighted by Crippen LogP contribution is -2.11. The molecule has 1 aromatic rings. The van der Waals surface area contributed by atoms with Gasteiger partial charge in [-0.3, -0.25) is 13.3 Å². The molecule has 0 saturated heterocycles. The van der Waals surface area contributed by atoms with E-state index in [1.54, 1.807) is 4.72 Å². The molecule has 0 amide bonds. The summed E-state index contributed by atoms with van der Waals surface area (Å²) in [5, 5.41) is 0. The van der Waals surface area contributed by atoms with Crippen molar-refractivity contribution in [3.8, 4) is 0 Å². The maximum Gasteiger partial charge on any atom is 0.296 e. The van der Waals surface area contributed by atoms with E-state index in [0.29, 0.717) is 6.07 Å². The van der Waals surface area contributed by atoms with Gasteiger partial charge in [0.1, 0.15) is 9.79 Å². The first-order chi connectivity index (χ1) is 8.96. The monoisotopic (exact) mass is 342 g/mol. The maximum atomic E-state index is 11.1. The van der Waals surface area contributed by atoms with Gasteiger partial charge in [-0.15, -0.1) is 0 Å². The van der Waals surface area contributed by atoms with E-state index < -0.39 is 47.0 Å². The van der Waals surface area contributed by atoms with Gasteiger partial charge in [-0.2, -0.15) is 16.8 Å². The molecule has 0 aliphatic rings. The van der Waals surface area contributed by atoms with E-state index in [0.717, 1.165) is 12.1 Å². The summed E-state index contributed by atoms with van der Waals surface area (Å²) in [5.41, 5.74) is -0.851. The highest BCUT2D eigenvalue weighted by Gasteiger charge is 2.23. The molecule has 1 atom stereocenters. The summed E-state index contributed by atoms with van der Waals surface area (Å²) < 4.78 is 85.2. The van der Waals surface area contributed by atoms with Crippen LogP contribution >= 0.6 is 0 Å². The summed E-state index contributed by atoms with van der Waals surface area (Å²) in [5.74, 6) is 0. The topological polar surface area (TPSA) is 161 Å². The molecule has 1 aromatic carbocycles. The van der Waals surface area contributed by atoms with Crippen molar-refractivity contribution >= 4 is 43.3 Å². The number of hydrogen-bond acceptors (Lipinski definition) is 6. The van der Waals surface area contributed by atoms with Crippen LogP contribution in [0.5, 0.6) is 0 Å². The van der Waals surface area contributed by atoms with E-state index >= 15 is 0 Å². The largest absolute Gasteiger partial charge is 0.755 e. The van der Waals surface area contributed by atoms with Crippen LogP contribution in [0.4, 0.5) is 5.69 Å². The quantitative estimate of drug-likeness (QED) is 0.498. The van der Waals surface area contributed by atoms with Gasteiger partial charge in [0.25, 0.3) is 20.2 Å². The summed E-state index contributed by atoms with van der Waals surface area (Å²) in [6.45, 7) is 3.25. The highest BCUT2D eigenvalue weighted by atomic mass is 32.2. The number of benzene rings is 1. The minimum Gasteiger partial charge on any atom is -0.755 e. The third-order valence-electron chi connectivity index (χ3n) is 2.08. The third kappa shape index (κ3) is 3.84. The van der Waals surface area contributed by atoms with Crippen molar-refractivity contribution in [2.24, 2.45) is 0 Å². The summed E-state index contributed by atoms with van der Waals surface area (Å²) in [6, 6.07) is 1.20. The minimum atomic E-state index is -4.93. The molecule has 1 rings (SSSR count). The zero-order chi connectivity index (χ0) is 15.7. The number of anilines is 1. The molecule has 0 radical (unpaired) electrons. The molecule has 0 heterocycles. The summed E-state index contributed by atoms with van der Waals surface area (Å²) in [7, 11) is -9.73. The van der Waals surface area contributed by atoms with Gasteiger partial charge in [-0.05, 0) is 17.7 Å². The molecule has 112 valence electrons. The van der Waals surface area contributed by atoms with Crippen LogP contribution in [0.15, 0.2) is 28.5 Å². The van der Waals surface area contributed by atoms with Crippen molar-refractivity contribution in [3.63, 3.8) is 0 Å². The van der Waals surface area contributed by atoms with Crippen LogP contribution in [-0.2, 0) is 31.5 Å². The van der Waals surface area contributed by atoms with E-state index in [9.17, 15) is 25.6 Å². The molecule has 0 aromatic heterocycles. The standard InChI is InChI=1S/C8H9NO8S3/c1-2-5-3-6(9-18(10)11)8(20(15,16)17)4-7(5)19(12,13)14/h2-4,9H,1H2,(H,10,11)(H,12,13,14)(H,15,16,17)/p-1. The average molecular weight is 342 g/mol. The van der Waals surface area contributed by atoms with E-state index in [1.165, 1.54) is 0 Å². The SMILES string of the molecule is C=Cc1cc(NS(=O)[O-])c(S(=O)(=O)O)cc1S(=O)(=O)O. The molecule has 0 aliphatic carbocycles. The molecule has 3 N–H and O–H groups in total. The van der Waals surface area contributed by atoms with E-state index in [2.05, 4.69) is 6.58 Å². The number of nitrogens with one attached hydrogen (secondary N) is 1. The van der Waals surface area contributed by atoms with Crippen molar-refractivity contribution in [1.82, 2.24) is 0 Å². The molecule has 1 unspecified atom stereocenters. The van der Waals surface area contributed by atoms with Gasteiger partial charge in [-0.1, -0.05) is 12.7 Å². The lowest BCUT2D eigenvalue weighted by Gasteiger charge is -2.14. The first-order valence-corrected chi connectivity index (χ1v) is 8.53. The predicted molar refractivity (Wildman–Crippen MR) is 68.7 cm³/mol. The van der Waals surface area contributed by atoms with Crippen molar-refractivity contribution < 1.29 is 34.7 Å². The minimum absolute atomic E-state index is 0.257. The highest BCUT2D eigenvalue weighted by Crippen LogP contribution is 2.29. The van der Waals surface area contributed by atoms with Crippen LogP contribution in [0.25, 0.3) is 6.08 Å². The van der Waals surface area contributed by atoms with Crippen LogP contribution in [0.2, 0.25) is 0 Å². The second-order valence-corrected chi connectivity index (χ2v) is 6.83. The van der Waals surface area contributed by atoms with E-state index in [4.69, 9.17) is 9.11 Å². The Bertz CT molecular complexity index is 780. The second kappa shape index (κ2) is 5.59. The fourth-order valence-corrected chi connectivity index (χ4v) is 3.19. The van der Waals surface area contributed by atoms with Crippen LogP contribution < -0.4 is 4.72 Å². The Kier molecular flexibility index (Phi) is 4.68. The first kappa shape index (κ1) is 16.7. The predicted octanol–water partition coefficient (Wildman–Crippen LogP) is 0.0290. The highest BCUT2D eigenvalue weighted by molar-refractivity contribution is 7.87. The first-order valence-electron chi connectivity index (χ1n) is 4.58. The fraction of sp³-hybridized carbons (Fsp3) is 0. The summed E-state index contributed by atoms with van der Waals surface area (Å²) >= 11 is -2.92. The lowest BCUT2D eigenvalue weighted by atomic mass is 10.2. The van der Waals surface area contributed by atoms with Crippen LogP contribution in [-0.4, -0.2) is 34.7 Å². The Hall–Kier alpha value is -1.31. The third-order valence-corrected chi connectivity index (χ3v) is 4.27. The molecule has 0 fully saturated rings. The molecule has 0 aliphatic heterocycles. The molecule has 12 heteroatoms. The van der Waals surface area contributed by atoms with Crippen LogP contribution in [0.1, 0.15) is 5.56 Å². The summed E-state index contributed by atoms with van der Waals surface area (Å²) in [4.78, 5) is -1.87. The van der Waals surface area contributed by atoms with Gasteiger partial charge < -0.3 is 9.27 Å². The average Bonchev–Trinajstić information content (AvgIpc) is 2.24. The Labute approximate surface area is 117 Å². The molecule has 0 saturated carbocycles. The zero-order valence-electron chi connectivity index (χ0n) is 9.51. The Morgan fingerprint density at radius 3 is 2.00 bits per heavy atom. The van der Waals surface area contributed by atoms with E-state index in [1.807, 2.05) is 0 Å².